The fourth-order valence-corrected chi connectivity index (χ4v) is 3.08. The van der Waals surface area contributed by atoms with Gasteiger partial charge in [0.15, 0.2) is 0 Å². The Hall–Kier alpha value is -1.02. The number of methoxy groups -OCH3 is 1. The van der Waals surface area contributed by atoms with Crippen molar-refractivity contribution in [2.75, 3.05) is 25.2 Å². The number of ether oxygens (including phenoxy) is 1. The van der Waals surface area contributed by atoms with Crippen LogP contribution < -0.4 is 5.32 Å². The van der Waals surface area contributed by atoms with E-state index in [1.807, 2.05) is 42.1 Å². The van der Waals surface area contributed by atoms with Crippen LogP contribution in [0, 0.1) is 11.3 Å². The van der Waals surface area contributed by atoms with Crippen molar-refractivity contribution in [3.05, 3.63) is 35.9 Å². The monoisotopic (exact) mass is 292 g/mol. The Labute approximate surface area is 126 Å². The van der Waals surface area contributed by atoms with Crippen LogP contribution in [-0.2, 0) is 10.3 Å². The number of rotatable bonds is 9. The summed E-state index contributed by atoms with van der Waals surface area (Å²) in [7, 11) is 1.71. The minimum atomic E-state index is -0.602. The van der Waals surface area contributed by atoms with E-state index in [4.69, 9.17) is 4.74 Å². The fourth-order valence-electron chi connectivity index (χ4n) is 2.14. The van der Waals surface area contributed by atoms with Gasteiger partial charge in [0, 0.05) is 18.9 Å². The predicted octanol–water partition coefficient (Wildman–Crippen LogP) is 3.17. The zero-order valence-electron chi connectivity index (χ0n) is 12.6. The minimum absolute atomic E-state index is 0.263. The second kappa shape index (κ2) is 9.02. The highest BCUT2D eigenvalue weighted by Gasteiger charge is 2.32. The maximum atomic E-state index is 9.74. The molecule has 0 saturated carbocycles. The molecule has 0 aliphatic carbocycles. The van der Waals surface area contributed by atoms with Crippen LogP contribution in [0.2, 0.25) is 0 Å². The van der Waals surface area contributed by atoms with Gasteiger partial charge in [0.1, 0.15) is 5.54 Å². The van der Waals surface area contributed by atoms with Gasteiger partial charge >= 0.3 is 0 Å². The van der Waals surface area contributed by atoms with Crippen molar-refractivity contribution in [1.82, 2.24) is 5.32 Å². The molecule has 0 fully saturated rings. The topological polar surface area (TPSA) is 45.0 Å². The van der Waals surface area contributed by atoms with Crippen LogP contribution in [0.4, 0.5) is 0 Å². The number of nitrogens with zero attached hydrogens (tertiary/aromatic N) is 1. The van der Waals surface area contributed by atoms with Crippen LogP contribution in [0.3, 0.4) is 0 Å². The van der Waals surface area contributed by atoms with E-state index >= 15 is 0 Å². The zero-order valence-corrected chi connectivity index (χ0v) is 13.4. The van der Waals surface area contributed by atoms with Crippen molar-refractivity contribution in [1.29, 1.82) is 5.26 Å². The van der Waals surface area contributed by atoms with Crippen molar-refractivity contribution >= 4 is 11.8 Å². The van der Waals surface area contributed by atoms with Crippen molar-refractivity contribution in [3.8, 4) is 6.07 Å². The number of nitrogens with one attached hydrogen (secondary N) is 1. The number of hydrogen-bond donors (Lipinski definition) is 1. The summed E-state index contributed by atoms with van der Waals surface area (Å²) in [5.74, 6) is 1.90. The maximum absolute atomic E-state index is 9.74. The molecule has 0 heterocycles. The molecular formula is C16H24N2OS. The van der Waals surface area contributed by atoms with Crippen LogP contribution in [0.15, 0.2) is 30.3 Å². The van der Waals surface area contributed by atoms with Crippen LogP contribution in [-0.4, -0.2) is 31.3 Å². The average molecular weight is 292 g/mol. The molecule has 0 aliphatic heterocycles. The summed E-state index contributed by atoms with van der Waals surface area (Å²) in [5.41, 5.74) is 0.443. The van der Waals surface area contributed by atoms with Gasteiger partial charge in [-0.3, -0.25) is 5.32 Å². The Morgan fingerprint density at radius 2 is 2.00 bits per heavy atom. The van der Waals surface area contributed by atoms with Gasteiger partial charge in [0.2, 0.25) is 0 Å². The highest BCUT2D eigenvalue weighted by atomic mass is 32.2. The van der Waals surface area contributed by atoms with Gasteiger partial charge in [-0.25, -0.2) is 0 Å². The molecule has 0 saturated heterocycles. The Bertz CT molecular complexity index is 416. The highest BCUT2D eigenvalue weighted by Crippen LogP contribution is 2.27. The molecule has 1 N–H and O–H groups in total. The van der Waals surface area contributed by atoms with Crippen LogP contribution in [0.25, 0.3) is 0 Å². The molecule has 0 aromatic heterocycles. The lowest BCUT2D eigenvalue weighted by molar-refractivity contribution is 0.218. The SMILES string of the molecule is COCCSCCC(C#N)(NC(C)C)c1ccccc1. The molecule has 1 atom stereocenters. The van der Waals surface area contributed by atoms with Gasteiger partial charge < -0.3 is 4.74 Å². The molecule has 3 nitrogen and oxygen atoms in total. The van der Waals surface area contributed by atoms with E-state index in [2.05, 4.69) is 25.2 Å². The minimum Gasteiger partial charge on any atom is -0.384 e. The van der Waals surface area contributed by atoms with Crippen molar-refractivity contribution in [2.24, 2.45) is 0 Å². The predicted molar refractivity (Wildman–Crippen MR) is 85.8 cm³/mol. The van der Waals surface area contributed by atoms with E-state index in [9.17, 15) is 5.26 Å². The number of benzene rings is 1. The molecule has 0 bridgehead atoms. The first-order valence-electron chi connectivity index (χ1n) is 6.96. The van der Waals surface area contributed by atoms with E-state index in [0.717, 1.165) is 30.1 Å². The number of hydrogen-bond acceptors (Lipinski definition) is 4. The summed E-state index contributed by atoms with van der Waals surface area (Å²) < 4.78 is 5.05. The largest absolute Gasteiger partial charge is 0.384 e. The van der Waals surface area contributed by atoms with Gasteiger partial charge in [-0.2, -0.15) is 17.0 Å². The molecule has 0 spiro atoms. The van der Waals surface area contributed by atoms with Crippen LogP contribution in [0.1, 0.15) is 25.8 Å². The molecule has 110 valence electrons. The molecule has 4 heteroatoms. The fraction of sp³-hybridized carbons (Fsp3) is 0.562. The van der Waals surface area contributed by atoms with E-state index in [-0.39, 0.29) is 6.04 Å². The Morgan fingerprint density at radius 1 is 1.30 bits per heavy atom. The third kappa shape index (κ3) is 5.16. The molecule has 0 radical (unpaired) electrons. The van der Waals surface area contributed by atoms with Crippen molar-refractivity contribution in [2.45, 2.75) is 31.8 Å². The zero-order chi connectivity index (χ0) is 14.8. The smallest absolute Gasteiger partial charge is 0.133 e. The molecule has 0 aliphatic rings. The molecule has 20 heavy (non-hydrogen) atoms. The third-order valence-electron chi connectivity index (χ3n) is 3.05. The molecule has 1 unspecified atom stereocenters. The summed E-state index contributed by atoms with van der Waals surface area (Å²) in [6.07, 6.45) is 0.792. The van der Waals surface area contributed by atoms with Gasteiger partial charge in [0.25, 0.3) is 0 Å². The van der Waals surface area contributed by atoms with Crippen molar-refractivity contribution in [3.63, 3.8) is 0 Å². The normalized spacial score (nSPS) is 13.9. The summed E-state index contributed by atoms with van der Waals surface area (Å²) in [5, 5.41) is 13.2. The van der Waals surface area contributed by atoms with Gasteiger partial charge in [-0.05, 0) is 31.6 Å². The lowest BCUT2D eigenvalue weighted by Gasteiger charge is -2.30. The van der Waals surface area contributed by atoms with E-state index < -0.39 is 5.54 Å². The molecular weight excluding hydrogens is 268 g/mol. The first-order chi connectivity index (χ1) is 9.64. The average Bonchev–Trinajstić information content (AvgIpc) is 2.46. The molecule has 0 amide bonds. The third-order valence-corrected chi connectivity index (χ3v) is 3.99. The van der Waals surface area contributed by atoms with Crippen LogP contribution in [0.5, 0.6) is 0 Å². The molecule has 1 rings (SSSR count). The van der Waals surface area contributed by atoms with Gasteiger partial charge in [0.05, 0.1) is 12.7 Å². The standard InChI is InChI=1S/C16H24N2OS/c1-14(2)18-16(13-17,9-11-20-12-10-19-3)15-7-5-4-6-8-15/h4-8,14,18H,9-12H2,1-3H3. The number of thioether (sulfide) groups is 1. The molecule has 1 aromatic rings. The summed E-state index contributed by atoms with van der Waals surface area (Å²) in [4.78, 5) is 0. The number of nitriles is 1. The second-order valence-electron chi connectivity index (χ2n) is 5.04. The van der Waals surface area contributed by atoms with E-state index in [0.29, 0.717) is 0 Å². The molecule has 1 aromatic carbocycles. The summed E-state index contributed by atoms with van der Waals surface area (Å²) >= 11 is 1.83. The Kier molecular flexibility index (Phi) is 7.68. The Balaban J connectivity index is 2.76. The lowest BCUT2D eigenvalue weighted by atomic mass is 9.88. The quantitative estimate of drug-likeness (QED) is 0.710. The maximum Gasteiger partial charge on any atom is 0.133 e. The summed E-state index contributed by atoms with van der Waals surface area (Å²) in [6.45, 7) is 4.91. The van der Waals surface area contributed by atoms with E-state index in [1.54, 1.807) is 7.11 Å². The summed E-state index contributed by atoms with van der Waals surface area (Å²) in [6, 6.07) is 12.8. The highest BCUT2D eigenvalue weighted by molar-refractivity contribution is 7.99. The second-order valence-corrected chi connectivity index (χ2v) is 6.26. The van der Waals surface area contributed by atoms with Gasteiger partial charge in [-0.15, -0.1) is 0 Å². The first kappa shape index (κ1) is 17.0. The van der Waals surface area contributed by atoms with E-state index in [1.165, 1.54) is 0 Å². The van der Waals surface area contributed by atoms with Crippen molar-refractivity contribution < 1.29 is 4.74 Å². The van der Waals surface area contributed by atoms with Crippen LogP contribution >= 0.6 is 11.8 Å². The Morgan fingerprint density at radius 3 is 2.55 bits per heavy atom. The van der Waals surface area contributed by atoms with Gasteiger partial charge in [-0.1, -0.05) is 30.3 Å². The lowest BCUT2D eigenvalue weighted by Crippen LogP contribution is -2.45. The first-order valence-corrected chi connectivity index (χ1v) is 8.11.